The molecular weight excluding hydrogens is 228 g/mol. The van der Waals surface area contributed by atoms with E-state index in [0.717, 1.165) is 21.2 Å². The molecule has 84 valence electrons. The number of hydrogen-bond acceptors (Lipinski definition) is 2. The summed E-state index contributed by atoms with van der Waals surface area (Å²) in [6.45, 7) is 4.51. The Labute approximate surface area is 101 Å². The molecule has 0 aliphatic rings. The second-order valence-electron chi connectivity index (χ2n) is 3.94. The van der Waals surface area contributed by atoms with Crippen LogP contribution in [-0.2, 0) is 6.61 Å². The first-order chi connectivity index (χ1) is 7.13. The van der Waals surface area contributed by atoms with Crippen molar-refractivity contribution in [1.82, 2.24) is 0 Å². The third-order valence-electron chi connectivity index (χ3n) is 2.15. The van der Waals surface area contributed by atoms with E-state index in [0.29, 0.717) is 5.92 Å². The van der Waals surface area contributed by atoms with E-state index in [-0.39, 0.29) is 6.61 Å². The van der Waals surface area contributed by atoms with Crippen LogP contribution in [0.4, 0.5) is 0 Å². The smallest absolute Gasteiger partial charge is 0.0692 e. The van der Waals surface area contributed by atoms with Crippen molar-refractivity contribution >= 4 is 23.4 Å². The van der Waals surface area contributed by atoms with Crippen molar-refractivity contribution in [2.45, 2.75) is 31.8 Å². The van der Waals surface area contributed by atoms with Gasteiger partial charge in [-0.3, -0.25) is 0 Å². The Morgan fingerprint density at radius 2 is 2.13 bits per heavy atom. The van der Waals surface area contributed by atoms with Crippen LogP contribution in [0, 0.1) is 5.92 Å². The summed E-state index contributed by atoms with van der Waals surface area (Å²) in [5.41, 5.74) is 0.966. The lowest BCUT2D eigenvalue weighted by molar-refractivity contribution is 0.279. The zero-order valence-electron chi connectivity index (χ0n) is 9.16. The molecule has 0 saturated carbocycles. The minimum atomic E-state index is 0.0845. The van der Waals surface area contributed by atoms with E-state index in [1.54, 1.807) is 11.8 Å². The van der Waals surface area contributed by atoms with Gasteiger partial charge in [-0.25, -0.2) is 0 Å². The van der Waals surface area contributed by atoms with Crippen molar-refractivity contribution < 1.29 is 5.11 Å². The van der Waals surface area contributed by atoms with Crippen molar-refractivity contribution in [3.05, 3.63) is 28.8 Å². The average Bonchev–Trinajstić information content (AvgIpc) is 2.17. The SMILES string of the molecule is CC(C)CCSc1cc(Cl)ccc1CO. The molecule has 3 heteroatoms. The fourth-order valence-corrected chi connectivity index (χ4v) is 2.77. The van der Waals surface area contributed by atoms with E-state index in [2.05, 4.69) is 13.8 Å². The maximum atomic E-state index is 9.16. The third-order valence-corrected chi connectivity index (χ3v) is 3.52. The fraction of sp³-hybridized carbons (Fsp3) is 0.500. The van der Waals surface area contributed by atoms with Crippen molar-refractivity contribution in [3.8, 4) is 0 Å². The number of aliphatic hydroxyl groups is 1. The summed E-state index contributed by atoms with van der Waals surface area (Å²) in [7, 11) is 0. The van der Waals surface area contributed by atoms with Crippen LogP contribution in [0.2, 0.25) is 5.02 Å². The zero-order valence-corrected chi connectivity index (χ0v) is 10.7. The Kier molecular flexibility index (Phi) is 5.51. The minimum Gasteiger partial charge on any atom is -0.392 e. The second-order valence-corrected chi connectivity index (χ2v) is 5.51. The molecule has 0 unspecified atom stereocenters. The summed E-state index contributed by atoms with van der Waals surface area (Å²) in [5.74, 6) is 1.79. The third kappa shape index (κ3) is 4.45. The van der Waals surface area contributed by atoms with Gasteiger partial charge in [0.25, 0.3) is 0 Å². The van der Waals surface area contributed by atoms with E-state index >= 15 is 0 Å². The first kappa shape index (κ1) is 12.9. The van der Waals surface area contributed by atoms with Crippen LogP contribution in [0.25, 0.3) is 0 Å². The molecule has 0 aliphatic heterocycles. The molecule has 1 nitrogen and oxygen atoms in total. The van der Waals surface area contributed by atoms with Gasteiger partial charge in [-0.2, -0.15) is 0 Å². The molecule has 0 aromatic heterocycles. The number of halogens is 1. The van der Waals surface area contributed by atoms with Gasteiger partial charge >= 0.3 is 0 Å². The van der Waals surface area contributed by atoms with Gasteiger partial charge in [-0.1, -0.05) is 31.5 Å². The van der Waals surface area contributed by atoms with Crippen LogP contribution in [-0.4, -0.2) is 10.9 Å². The molecule has 15 heavy (non-hydrogen) atoms. The molecule has 0 bridgehead atoms. The number of thioether (sulfide) groups is 1. The summed E-state index contributed by atoms with van der Waals surface area (Å²) in [4.78, 5) is 1.10. The van der Waals surface area contributed by atoms with Gasteiger partial charge in [0.1, 0.15) is 0 Å². The fourth-order valence-electron chi connectivity index (χ4n) is 1.20. The Bertz CT molecular complexity index is 312. The first-order valence-electron chi connectivity index (χ1n) is 5.15. The molecule has 1 aromatic carbocycles. The highest BCUT2D eigenvalue weighted by molar-refractivity contribution is 7.99. The van der Waals surface area contributed by atoms with Crippen LogP contribution in [0.15, 0.2) is 23.1 Å². The van der Waals surface area contributed by atoms with E-state index in [4.69, 9.17) is 16.7 Å². The van der Waals surface area contributed by atoms with Crippen molar-refractivity contribution in [2.24, 2.45) is 5.92 Å². The van der Waals surface area contributed by atoms with E-state index in [9.17, 15) is 0 Å². The van der Waals surface area contributed by atoms with Crippen LogP contribution >= 0.6 is 23.4 Å². The highest BCUT2D eigenvalue weighted by atomic mass is 35.5. The molecule has 0 aliphatic carbocycles. The lowest BCUT2D eigenvalue weighted by Crippen LogP contribution is -1.92. The second kappa shape index (κ2) is 6.41. The quantitative estimate of drug-likeness (QED) is 0.791. The molecule has 0 radical (unpaired) electrons. The Hall–Kier alpha value is -0.180. The lowest BCUT2D eigenvalue weighted by atomic mass is 10.2. The van der Waals surface area contributed by atoms with E-state index in [1.165, 1.54) is 6.42 Å². The number of benzene rings is 1. The van der Waals surface area contributed by atoms with Gasteiger partial charge in [0.15, 0.2) is 0 Å². The highest BCUT2D eigenvalue weighted by Crippen LogP contribution is 2.27. The van der Waals surface area contributed by atoms with Gasteiger partial charge < -0.3 is 5.11 Å². The predicted molar refractivity (Wildman–Crippen MR) is 67.6 cm³/mol. The molecule has 0 spiro atoms. The van der Waals surface area contributed by atoms with Gasteiger partial charge in [-0.05, 0) is 35.8 Å². The van der Waals surface area contributed by atoms with Gasteiger partial charge in [0, 0.05) is 9.92 Å². The van der Waals surface area contributed by atoms with Crippen LogP contribution in [0.5, 0.6) is 0 Å². The highest BCUT2D eigenvalue weighted by Gasteiger charge is 2.04. The maximum Gasteiger partial charge on any atom is 0.0692 e. The first-order valence-corrected chi connectivity index (χ1v) is 6.52. The van der Waals surface area contributed by atoms with E-state index in [1.807, 2.05) is 18.2 Å². The Balaban J connectivity index is 2.62. The monoisotopic (exact) mass is 244 g/mol. The number of aliphatic hydroxyl groups excluding tert-OH is 1. The Morgan fingerprint density at radius 3 is 2.73 bits per heavy atom. The van der Waals surface area contributed by atoms with E-state index < -0.39 is 0 Å². The molecule has 1 rings (SSSR count). The topological polar surface area (TPSA) is 20.2 Å². The van der Waals surface area contributed by atoms with Crippen molar-refractivity contribution in [1.29, 1.82) is 0 Å². The molecule has 1 N–H and O–H groups in total. The maximum absolute atomic E-state index is 9.16. The summed E-state index contributed by atoms with van der Waals surface area (Å²) >= 11 is 7.69. The van der Waals surface area contributed by atoms with Gasteiger partial charge in [0.05, 0.1) is 6.61 Å². The molecule has 0 heterocycles. The predicted octanol–water partition coefficient (Wildman–Crippen LogP) is 3.97. The largest absolute Gasteiger partial charge is 0.392 e. The number of hydrogen-bond donors (Lipinski definition) is 1. The van der Waals surface area contributed by atoms with Crippen molar-refractivity contribution in [3.63, 3.8) is 0 Å². The molecule has 1 aromatic rings. The summed E-state index contributed by atoms with van der Waals surface area (Å²) < 4.78 is 0. The minimum absolute atomic E-state index is 0.0845. The lowest BCUT2D eigenvalue weighted by Gasteiger charge is -2.08. The summed E-state index contributed by atoms with van der Waals surface area (Å²) in [5, 5.41) is 9.90. The molecule has 0 fully saturated rings. The normalized spacial score (nSPS) is 11.0. The molecule has 0 saturated heterocycles. The molecular formula is C12H17ClOS. The summed E-state index contributed by atoms with van der Waals surface area (Å²) in [6, 6.07) is 5.64. The van der Waals surface area contributed by atoms with Crippen molar-refractivity contribution in [2.75, 3.05) is 5.75 Å². The van der Waals surface area contributed by atoms with Crippen LogP contribution in [0.1, 0.15) is 25.8 Å². The summed E-state index contributed by atoms with van der Waals surface area (Å²) in [6.07, 6.45) is 1.18. The Morgan fingerprint density at radius 1 is 1.40 bits per heavy atom. The van der Waals surface area contributed by atoms with Crippen LogP contribution < -0.4 is 0 Å². The van der Waals surface area contributed by atoms with Gasteiger partial charge in [0.2, 0.25) is 0 Å². The van der Waals surface area contributed by atoms with Gasteiger partial charge in [-0.15, -0.1) is 11.8 Å². The number of rotatable bonds is 5. The standard InChI is InChI=1S/C12H17ClOS/c1-9(2)5-6-15-12-7-11(13)4-3-10(12)8-14/h3-4,7,9,14H,5-6,8H2,1-2H3. The molecule has 0 atom stereocenters. The average molecular weight is 245 g/mol. The molecule has 0 amide bonds. The van der Waals surface area contributed by atoms with Crippen LogP contribution in [0.3, 0.4) is 0 Å². The zero-order chi connectivity index (χ0) is 11.3.